The molecule has 2 N–H and O–H groups in total. The first-order chi connectivity index (χ1) is 9.13. The molecule has 2 rings (SSSR count). The first-order valence-electron chi connectivity index (χ1n) is 5.14. The molecule has 8 heteroatoms. The van der Waals surface area contributed by atoms with E-state index in [1.165, 1.54) is 18.6 Å². The first kappa shape index (κ1) is 13.0. The number of aromatic nitrogens is 2. The van der Waals surface area contributed by atoms with Crippen molar-refractivity contribution in [2.75, 3.05) is 11.9 Å². The van der Waals surface area contributed by atoms with Gasteiger partial charge in [0.2, 0.25) is 0 Å². The smallest absolute Gasteiger partial charge is 0.412 e. The Hall–Kier alpha value is -2.48. The van der Waals surface area contributed by atoms with Gasteiger partial charge in [-0.05, 0) is 0 Å². The lowest BCUT2D eigenvalue weighted by molar-refractivity contribution is 0.0703. The van der Waals surface area contributed by atoms with Crippen molar-refractivity contribution in [3.8, 4) is 0 Å². The molecule has 2 aromatic heterocycles. The van der Waals surface area contributed by atoms with Gasteiger partial charge in [0, 0.05) is 6.20 Å². The second-order valence-electron chi connectivity index (χ2n) is 3.37. The molecule has 0 bridgehead atoms. The van der Waals surface area contributed by atoms with Crippen molar-refractivity contribution in [2.45, 2.75) is 0 Å². The van der Waals surface area contributed by atoms with E-state index in [2.05, 4.69) is 21.9 Å². The molecule has 2 heterocycles. The van der Waals surface area contributed by atoms with Crippen molar-refractivity contribution >= 4 is 39.3 Å². The molecule has 0 saturated carbocycles. The van der Waals surface area contributed by atoms with Gasteiger partial charge in [-0.3, -0.25) is 5.32 Å². The Balaban J connectivity index is 2.39. The van der Waals surface area contributed by atoms with Gasteiger partial charge < -0.3 is 9.84 Å². The number of ether oxygens (including phenoxy) is 1. The number of aromatic carboxylic acids is 1. The Kier molecular flexibility index (Phi) is 3.71. The minimum Gasteiger partial charge on any atom is -0.477 e. The van der Waals surface area contributed by atoms with Crippen LogP contribution in [-0.2, 0) is 4.74 Å². The number of amides is 1. The second kappa shape index (κ2) is 5.44. The maximum Gasteiger partial charge on any atom is 0.412 e. The number of anilines is 1. The zero-order valence-corrected chi connectivity index (χ0v) is 10.4. The lowest BCUT2D eigenvalue weighted by Crippen LogP contribution is -2.15. The minimum absolute atomic E-state index is 0.0222. The summed E-state index contributed by atoms with van der Waals surface area (Å²) in [5, 5.41) is 12.0. The van der Waals surface area contributed by atoms with Gasteiger partial charge in [-0.15, -0.1) is 11.3 Å². The summed E-state index contributed by atoms with van der Waals surface area (Å²) in [5.74, 6) is -1.15. The average Bonchev–Trinajstić information content (AvgIpc) is 2.76. The van der Waals surface area contributed by atoms with Crippen molar-refractivity contribution in [3.05, 3.63) is 30.1 Å². The molecule has 19 heavy (non-hydrogen) atoms. The molecule has 1 amide bonds. The van der Waals surface area contributed by atoms with Crippen LogP contribution in [-0.4, -0.2) is 33.7 Å². The zero-order valence-electron chi connectivity index (χ0n) is 9.62. The van der Waals surface area contributed by atoms with Crippen LogP contribution in [0.4, 0.5) is 10.5 Å². The Morgan fingerprint density at radius 1 is 1.58 bits per heavy atom. The first-order valence-corrected chi connectivity index (χ1v) is 5.95. The molecule has 2 aromatic rings. The normalized spacial score (nSPS) is 10.1. The minimum atomic E-state index is -1.15. The van der Waals surface area contributed by atoms with Crippen LogP contribution in [0.15, 0.2) is 25.2 Å². The highest BCUT2D eigenvalue weighted by Crippen LogP contribution is 2.33. The maximum atomic E-state index is 11.5. The highest BCUT2D eigenvalue weighted by Gasteiger charge is 2.20. The molecular formula is C11H9N3O4S. The predicted octanol–water partition coefficient (Wildman–Crippen LogP) is 2.12. The number of hydrogen-bond donors (Lipinski definition) is 2. The monoisotopic (exact) mass is 279 g/mol. The van der Waals surface area contributed by atoms with Crippen molar-refractivity contribution in [1.82, 2.24) is 9.97 Å². The van der Waals surface area contributed by atoms with E-state index in [4.69, 9.17) is 9.84 Å². The molecule has 0 radical (unpaired) electrons. The van der Waals surface area contributed by atoms with Crippen LogP contribution in [0.3, 0.4) is 0 Å². The van der Waals surface area contributed by atoms with Crippen LogP contribution >= 0.6 is 11.3 Å². The average molecular weight is 279 g/mol. The molecule has 0 aliphatic rings. The van der Waals surface area contributed by atoms with E-state index in [-0.39, 0.29) is 17.2 Å². The summed E-state index contributed by atoms with van der Waals surface area (Å²) in [6.07, 6.45) is 3.40. The lowest BCUT2D eigenvalue weighted by atomic mass is 10.3. The molecule has 0 saturated heterocycles. The largest absolute Gasteiger partial charge is 0.477 e. The molecular weight excluding hydrogens is 270 g/mol. The fraction of sp³-hybridized carbons (Fsp3) is 0.0909. The third-order valence-electron chi connectivity index (χ3n) is 2.12. The highest BCUT2D eigenvalue weighted by molar-refractivity contribution is 7.21. The topological polar surface area (TPSA) is 101 Å². The van der Waals surface area contributed by atoms with Crippen molar-refractivity contribution in [1.29, 1.82) is 0 Å². The van der Waals surface area contributed by atoms with E-state index in [1.807, 2.05) is 0 Å². The number of fused-ring (bicyclic) bond motifs is 1. The summed E-state index contributed by atoms with van der Waals surface area (Å²) in [7, 11) is 0. The third kappa shape index (κ3) is 2.68. The summed E-state index contributed by atoms with van der Waals surface area (Å²) in [4.78, 5) is 30.8. The number of carboxylic acid groups (broad SMARTS) is 1. The molecule has 0 unspecified atom stereocenters. The van der Waals surface area contributed by atoms with E-state index in [1.54, 1.807) is 0 Å². The molecule has 0 aromatic carbocycles. The Morgan fingerprint density at radius 3 is 3.05 bits per heavy atom. The highest BCUT2D eigenvalue weighted by atomic mass is 32.1. The number of carbonyl (C=O) groups is 2. The number of carbonyl (C=O) groups excluding carboxylic acids is 1. The molecule has 0 spiro atoms. The number of nitrogens with zero attached hydrogens (tertiary/aromatic N) is 2. The third-order valence-corrected chi connectivity index (χ3v) is 3.23. The summed E-state index contributed by atoms with van der Waals surface area (Å²) < 4.78 is 4.75. The van der Waals surface area contributed by atoms with Crippen LogP contribution in [0.2, 0.25) is 0 Å². The zero-order chi connectivity index (χ0) is 13.8. The van der Waals surface area contributed by atoms with Gasteiger partial charge in [0.25, 0.3) is 0 Å². The van der Waals surface area contributed by atoms with Gasteiger partial charge in [-0.2, -0.15) is 0 Å². The predicted molar refractivity (Wildman–Crippen MR) is 69.5 cm³/mol. The summed E-state index contributed by atoms with van der Waals surface area (Å²) in [5.41, 5.74) is 0.141. The SMILES string of the molecule is C=CCOC(=O)Nc1c(C(=O)O)sc2ncncc12. The molecule has 98 valence electrons. The van der Waals surface area contributed by atoms with E-state index in [0.29, 0.717) is 10.2 Å². The summed E-state index contributed by atoms with van der Waals surface area (Å²) >= 11 is 0.957. The fourth-order valence-electron chi connectivity index (χ4n) is 1.39. The van der Waals surface area contributed by atoms with Gasteiger partial charge >= 0.3 is 12.1 Å². The maximum absolute atomic E-state index is 11.5. The van der Waals surface area contributed by atoms with Gasteiger partial charge in [0.05, 0.1) is 11.1 Å². The Morgan fingerprint density at radius 2 is 2.37 bits per heavy atom. The number of rotatable bonds is 4. The molecule has 7 nitrogen and oxygen atoms in total. The number of nitrogens with one attached hydrogen (secondary N) is 1. The van der Waals surface area contributed by atoms with Crippen LogP contribution in [0.1, 0.15) is 9.67 Å². The van der Waals surface area contributed by atoms with Gasteiger partial charge in [-0.25, -0.2) is 19.6 Å². The lowest BCUT2D eigenvalue weighted by Gasteiger charge is -2.05. The Labute approximate surface area is 111 Å². The molecule has 0 atom stereocenters. The van der Waals surface area contributed by atoms with E-state index >= 15 is 0 Å². The molecule has 0 aliphatic heterocycles. The fourth-order valence-corrected chi connectivity index (χ4v) is 2.30. The molecule has 0 aliphatic carbocycles. The van der Waals surface area contributed by atoms with Crippen LogP contribution in [0.5, 0.6) is 0 Å². The van der Waals surface area contributed by atoms with E-state index < -0.39 is 12.1 Å². The quantitative estimate of drug-likeness (QED) is 0.831. The van der Waals surface area contributed by atoms with Gasteiger partial charge in [-0.1, -0.05) is 12.7 Å². The molecule has 0 fully saturated rings. The van der Waals surface area contributed by atoms with E-state index in [0.717, 1.165) is 11.3 Å². The standard InChI is InChI=1S/C11H9N3O4S/c1-2-3-18-11(17)14-7-6-4-12-5-13-9(6)19-8(7)10(15)16/h2,4-5H,1,3H2,(H,14,17)(H,15,16). The number of thiophene rings is 1. The Bertz CT molecular complexity index is 652. The van der Waals surface area contributed by atoms with Crippen LogP contribution < -0.4 is 5.32 Å². The van der Waals surface area contributed by atoms with Crippen LogP contribution in [0.25, 0.3) is 10.2 Å². The van der Waals surface area contributed by atoms with Gasteiger partial charge in [0.15, 0.2) is 0 Å². The summed E-state index contributed by atoms with van der Waals surface area (Å²) in [6.45, 7) is 3.44. The number of hydrogen-bond acceptors (Lipinski definition) is 6. The van der Waals surface area contributed by atoms with Gasteiger partial charge in [0.1, 0.15) is 22.6 Å². The summed E-state index contributed by atoms with van der Waals surface area (Å²) in [6, 6.07) is 0. The number of carboxylic acids is 1. The second-order valence-corrected chi connectivity index (χ2v) is 4.36. The van der Waals surface area contributed by atoms with Crippen molar-refractivity contribution < 1.29 is 19.4 Å². The van der Waals surface area contributed by atoms with E-state index in [9.17, 15) is 9.59 Å². The van der Waals surface area contributed by atoms with Crippen molar-refractivity contribution in [3.63, 3.8) is 0 Å². The van der Waals surface area contributed by atoms with Crippen molar-refractivity contribution in [2.24, 2.45) is 0 Å². The van der Waals surface area contributed by atoms with Crippen LogP contribution in [0, 0.1) is 0 Å².